The van der Waals surface area contributed by atoms with Gasteiger partial charge in [0.2, 0.25) is 11.6 Å². The van der Waals surface area contributed by atoms with E-state index < -0.39 is 5.72 Å². The Kier molecular flexibility index (Phi) is 3.18. The molecule has 0 bridgehead atoms. The van der Waals surface area contributed by atoms with E-state index in [0.717, 1.165) is 11.3 Å². The standard InChI is InChI=1S/C14H14Cl2N2O2/c1-7-12-9(8-4-3-5-10(15)13(8)16)6-11(19)17-14(12,2)20-18-7/h3-5,9,12H,6H2,1-2H3,(H,17,19)/t9-,12-,14-/m1/s1. The molecule has 1 saturated heterocycles. The predicted octanol–water partition coefficient (Wildman–Crippen LogP) is 3.34. The number of amides is 1. The van der Waals surface area contributed by atoms with E-state index in [4.69, 9.17) is 28.0 Å². The molecule has 0 saturated carbocycles. The molecule has 3 atom stereocenters. The van der Waals surface area contributed by atoms with Gasteiger partial charge in [0, 0.05) is 12.3 Å². The zero-order valence-electron chi connectivity index (χ0n) is 11.1. The fraction of sp³-hybridized carbons (Fsp3) is 0.429. The smallest absolute Gasteiger partial charge is 0.223 e. The van der Waals surface area contributed by atoms with Crippen LogP contribution in [0, 0.1) is 5.92 Å². The molecule has 1 amide bonds. The molecule has 2 aliphatic heterocycles. The molecule has 1 N–H and O–H groups in total. The van der Waals surface area contributed by atoms with Gasteiger partial charge < -0.3 is 10.2 Å². The van der Waals surface area contributed by atoms with Gasteiger partial charge in [-0.05, 0) is 25.5 Å². The minimum absolute atomic E-state index is 0.0452. The number of benzene rings is 1. The van der Waals surface area contributed by atoms with Crippen molar-refractivity contribution in [3.63, 3.8) is 0 Å². The second-order valence-corrected chi connectivity index (χ2v) is 6.20. The van der Waals surface area contributed by atoms with Crippen LogP contribution < -0.4 is 5.32 Å². The summed E-state index contributed by atoms with van der Waals surface area (Å²) in [6.45, 7) is 3.74. The number of oxime groups is 1. The Labute approximate surface area is 127 Å². The van der Waals surface area contributed by atoms with Crippen molar-refractivity contribution in [2.75, 3.05) is 0 Å². The van der Waals surface area contributed by atoms with Gasteiger partial charge in [0.25, 0.3) is 0 Å². The SMILES string of the molecule is CC1=NO[C@@]2(C)NC(=O)C[C@H](c3cccc(Cl)c3Cl)[C@@H]12. The summed E-state index contributed by atoms with van der Waals surface area (Å²) in [5.74, 6) is -0.211. The number of nitrogens with zero attached hydrogens (tertiary/aromatic N) is 1. The molecule has 0 unspecified atom stereocenters. The van der Waals surface area contributed by atoms with E-state index in [2.05, 4.69) is 10.5 Å². The molecule has 6 heteroatoms. The normalized spacial score (nSPS) is 32.2. The van der Waals surface area contributed by atoms with E-state index >= 15 is 0 Å². The van der Waals surface area contributed by atoms with Crippen LogP contribution in [0.2, 0.25) is 10.0 Å². The lowest BCUT2D eigenvalue weighted by molar-refractivity contribution is -0.141. The highest BCUT2D eigenvalue weighted by Crippen LogP contribution is 2.46. The molecule has 4 nitrogen and oxygen atoms in total. The van der Waals surface area contributed by atoms with Gasteiger partial charge in [-0.25, -0.2) is 0 Å². The third-order valence-corrected chi connectivity index (χ3v) is 4.83. The molecular weight excluding hydrogens is 299 g/mol. The summed E-state index contributed by atoms with van der Waals surface area (Å²) < 4.78 is 0. The molecule has 2 heterocycles. The Bertz CT molecular complexity index is 617. The van der Waals surface area contributed by atoms with E-state index in [1.54, 1.807) is 6.07 Å². The molecule has 0 radical (unpaired) electrons. The van der Waals surface area contributed by atoms with Crippen LogP contribution in [-0.4, -0.2) is 17.3 Å². The highest BCUT2D eigenvalue weighted by atomic mass is 35.5. The fourth-order valence-electron chi connectivity index (χ4n) is 3.20. The van der Waals surface area contributed by atoms with Gasteiger partial charge in [-0.2, -0.15) is 0 Å². The number of halogens is 2. The van der Waals surface area contributed by atoms with Gasteiger partial charge in [-0.15, -0.1) is 0 Å². The minimum Gasteiger partial charge on any atom is -0.367 e. The molecule has 2 aliphatic rings. The third kappa shape index (κ3) is 1.98. The van der Waals surface area contributed by atoms with Crippen LogP contribution in [0.4, 0.5) is 0 Å². The quantitative estimate of drug-likeness (QED) is 0.864. The molecule has 0 aromatic heterocycles. The zero-order chi connectivity index (χ0) is 14.5. The first-order valence-corrected chi connectivity index (χ1v) is 7.15. The van der Waals surface area contributed by atoms with Crippen LogP contribution >= 0.6 is 23.2 Å². The van der Waals surface area contributed by atoms with Crippen LogP contribution in [0.1, 0.15) is 31.7 Å². The van der Waals surface area contributed by atoms with Gasteiger partial charge in [0.15, 0.2) is 0 Å². The van der Waals surface area contributed by atoms with Gasteiger partial charge in [0.1, 0.15) is 0 Å². The fourth-order valence-corrected chi connectivity index (χ4v) is 3.64. The van der Waals surface area contributed by atoms with Gasteiger partial charge >= 0.3 is 0 Å². The maximum absolute atomic E-state index is 12.0. The first-order chi connectivity index (χ1) is 9.42. The minimum atomic E-state index is -0.810. The molecular formula is C14H14Cl2N2O2. The zero-order valence-corrected chi connectivity index (χ0v) is 12.6. The van der Waals surface area contributed by atoms with Crippen molar-refractivity contribution in [1.82, 2.24) is 5.32 Å². The molecule has 0 spiro atoms. The van der Waals surface area contributed by atoms with Crippen molar-refractivity contribution < 1.29 is 9.63 Å². The van der Waals surface area contributed by atoms with Crippen LogP contribution in [0.15, 0.2) is 23.4 Å². The number of rotatable bonds is 1. The number of hydrogen-bond acceptors (Lipinski definition) is 3. The predicted molar refractivity (Wildman–Crippen MR) is 78.1 cm³/mol. The lowest BCUT2D eigenvalue weighted by atomic mass is 9.73. The van der Waals surface area contributed by atoms with E-state index in [1.807, 2.05) is 26.0 Å². The average molecular weight is 313 g/mol. The third-order valence-electron chi connectivity index (χ3n) is 4.00. The number of carbonyl (C=O) groups is 1. The Morgan fingerprint density at radius 2 is 2.20 bits per heavy atom. The molecule has 3 rings (SSSR count). The van der Waals surface area contributed by atoms with Crippen LogP contribution in [0.3, 0.4) is 0 Å². The summed E-state index contributed by atoms with van der Waals surface area (Å²) in [5, 5.41) is 7.89. The molecule has 20 heavy (non-hydrogen) atoms. The van der Waals surface area contributed by atoms with Gasteiger partial charge in [-0.3, -0.25) is 4.79 Å². The summed E-state index contributed by atoms with van der Waals surface area (Å²) in [7, 11) is 0. The van der Waals surface area contributed by atoms with Crippen LogP contribution in [0.25, 0.3) is 0 Å². The Balaban J connectivity index is 2.09. The molecule has 1 fully saturated rings. The van der Waals surface area contributed by atoms with Crippen molar-refractivity contribution in [3.8, 4) is 0 Å². The Morgan fingerprint density at radius 1 is 1.45 bits per heavy atom. The Morgan fingerprint density at radius 3 is 2.95 bits per heavy atom. The summed E-state index contributed by atoms with van der Waals surface area (Å²) in [4.78, 5) is 17.4. The number of nitrogens with one attached hydrogen (secondary N) is 1. The maximum atomic E-state index is 12.0. The molecule has 0 aliphatic carbocycles. The summed E-state index contributed by atoms with van der Waals surface area (Å²) in [6.07, 6.45) is 0.344. The van der Waals surface area contributed by atoms with Crippen molar-refractivity contribution in [2.24, 2.45) is 11.1 Å². The summed E-state index contributed by atoms with van der Waals surface area (Å²) in [5.41, 5.74) is 0.911. The van der Waals surface area contributed by atoms with E-state index in [-0.39, 0.29) is 17.7 Å². The second kappa shape index (κ2) is 4.64. The maximum Gasteiger partial charge on any atom is 0.223 e. The lowest BCUT2D eigenvalue weighted by Gasteiger charge is -2.40. The average Bonchev–Trinajstić information content (AvgIpc) is 2.67. The van der Waals surface area contributed by atoms with Crippen molar-refractivity contribution >= 4 is 34.8 Å². The van der Waals surface area contributed by atoms with E-state index in [9.17, 15) is 4.79 Å². The van der Waals surface area contributed by atoms with Crippen molar-refractivity contribution in [2.45, 2.75) is 31.9 Å². The van der Waals surface area contributed by atoms with Crippen LogP contribution in [-0.2, 0) is 9.63 Å². The van der Waals surface area contributed by atoms with Crippen LogP contribution in [0.5, 0.6) is 0 Å². The van der Waals surface area contributed by atoms with Crippen molar-refractivity contribution in [3.05, 3.63) is 33.8 Å². The first kappa shape index (κ1) is 13.7. The molecule has 1 aromatic carbocycles. The largest absolute Gasteiger partial charge is 0.367 e. The number of fused-ring (bicyclic) bond motifs is 1. The van der Waals surface area contributed by atoms with Crippen molar-refractivity contribution in [1.29, 1.82) is 0 Å². The number of piperidine rings is 1. The lowest BCUT2D eigenvalue weighted by Crippen LogP contribution is -2.58. The number of hydrogen-bond donors (Lipinski definition) is 1. The monoisotopic (exact) mass is 312 g/mol. The topological polar surface area (TPSA) is 50.7 Å². The number of carbonyl (C=O) groups excluding carboxylic acids is 1. The molecule has 1 aromatic rings. The highest BCUT2D eigenvalue weighted by Gasteiger charge is 2.53. The van der Waals surface area contributed by atoms with E-state index in [1.165, 1.54) is 0 Å². The van der Waals surface area contributed by atoms with E-state index in [0.29, 0.717) is 16.5 Å². The highest BCUT2D eigenvalue weighted by molar-refractivity contribution is 6.42. The second-order valence-electron chi connectivity index (χ2n) is 5.41. The first-order valence-electron chi connectivity index (χ1n) is 6.40. The molecule has 106 valence electrons. The van der Waals surface area contributed by atoms with Gasteiger partial charge in [0.05, 0.1) is 21.7 Å². The Hall–Kier alpha value is -1.26. The van der Waals surface area contributed by atoms with Gasteiger partial charge in [-0.1, -0.05) is 40.5 Å². The summed E-state index contributed by atoms with van der Waals surface area (Å²) in [6, 6.07) is 5.49. The summed E-state index contributed by atoms with van der Waals surface area (Å²) >= 11 is 12.4.